The highest BCUT2D eigenvalue weighted by molar-refractivity contribution is 7.88. The van der Waals surface area contributed by atoms with E-state index in [-0.39, 0.29) is 17.9 Å². The Morgan fingerprint density at radius 2 is 1.81 bits per heavy atom. The normalized spacial score (nSPS) is 29.6. The standard InChI is InChI=1S/C13H25N3O4S/c1-11-9-14(4-3-12(11)17)10-13(18)15-5-7-16(8-6-15)21(2,19)20/h11-12,17H,3-10H2,1-2H3. The van der Waals surface area contributed by atoms with Crippen LogP contribution in [0.1, 0.15) is 13.3 Å². The Morgan fingerprint density at radius 1 is 1.19 bits per heavy atom. The maximum atomic E-state index is 12.3. The van der Waals surface area contributed by atoms with Crippen molar-refractivity contribution in [3.63, 3.8) is 0 Å². The van der Waals surface area contributed by atoms with Crippen molar-refractivity contribution in [2.24, 2.45) is 5.92 Å². The molecule has 7 nitrogen and oxygen atoms in total. The number of amides is 1. The van der Waals surface area contributed by atoms with E-state index in [0.29, 0.717) is 39.1 Å². The number of piperazine rings is 1. The fraction of sp³-hybridized carbons (Fsp3) is 0.923. The molecule has 2 saturated heterocycles. The molecule has 2 heterocycles. The molecule has 2 rings (SSSR count). The number of aliphatic hydroxyl groups is 1. The van der Waals surface area contributed by atoms with Gasteiger partial charge in [-0.05, 0) is 12.3 Å². The van der Waals surface area contributed by atoms with Gasteiger partial charge in [-0.25, -0.2) is 8.42 Å². The number of hydrogen-bond acceptors (Lipinski definition) is 5. The van der Waals surface area contributed by atoms with Gasteiger partial charge < -0.3 is 10.0 Å². The zero-order valence-corrected chi connectivity index (χ0v) is 13.5. The van der Waals surface area contributed by atoms with Crippen molar-refractivity contribution in [1.29, 1.82) is 0 Å². The Kier molecular flexibility index (Phi) is 5.24. The number of likely N-dealkylation sites (tertiary alicyclic amines) is 1. The van der Waals surface area contributed by atoms with Crippen LogP contribution in [0.3, 0.4) is 0 Å². The topological polar surface area (TPSA) is 81.2 Å². The van der Waals surface area contributed by atoms with Crippen molar-refractivity contribution in [3.05, 3.63) is 0 Å². The quantitative estimate of drug-likeness (QED) is 0.706. The van der Waals surface area contributed by atoms with Crippen LogP contribution in [0.5, 0.6) is 0 Å². The minimum absolute atomic E-state index is 0.0479. The highest BCUT2D eigenvalue weighted by Crippen LogP contribution is 2.16. The van der Waals surface area contributed by atoms with Gasteiger partial charge in [-0.3, -0.25) is 9.69 Å². The molecule has 0 aliphatic carbocycles. The minimum atomic E-state index is -3.16. The van der Waals surface area contributed by atoms with Gasteiger partial charge in [0, 0.05) is 39.3 Å². The summed E-state index contributed by atoms with van der Waals surface area (Å²) in [6.45, 7) is 5.48. The molecule has 1 N–H and O–H groups in total. The van der Waals surface area contributed by atoms with E-state index in [1.807, 2.05) is 6.92 Å². The highest BCUT2D eigenvalue weighted by Gasteiger charge is 2.29. The third-order valence-corrected chi connectivity index (χ3v) is 5.67. The molecular weight excluding hydrogens is 294 g/mol. The van der Waals surface area contributed by atoms with Crippen molar-refractivity contribution >= 4 is 15.9 Å². The summed E-state index contributed by atoms with van der Waals surface area (Å²) in [6, 6.07) is 0. The predicted molar refractivity (Wildman–Crippen MR) is 79.2 cm³/mol. The van der Waals surface area contributed by atoms with E-state index in [1.54, 1.807) is 4.90 Å². The molecule has 2 fully saturated rings. The first kappa shape index (κ1) is 16.7. The smallest absolute Gasteiger partial charge is 0.236 e. The zero-order valence-electron chi connectivity index (χ0n) is 12.7. The van der Waals surface area contributed by atoms with E-state index in [0.717, 1.165) is 13.1 Å². The third-order valence-electron chi connectivity index (χ3n) is 4.36. The van der Waals surface area contributed by atoms with Crippen molar-refractivity contribution in [2.45, 2.75) is 19.4 Å². The lowest BCUT2D eigenvalue weighted by Crippen LogP contribution is -2.53. The van der Waals surface area contributed by atoms with E-state index in [9.17, 15) is 18.3 Å². The van der Waals surface area contributed by atoms with Gasteiger partial charge >= 0.3 is 0 Å². The molecule has 122 valence electrons. The number of carbonyl (C=O) groups is 1. The first-order chi connectivity index (χ1) is 9.77. The average molecular weight is 319 g/mol. The van der Waals surface area contributed by atoms with Crippen LogP contribution in [0, 0.1) is 5.92 Å². The molecule has 0 spiro atoms. The fourth-order valence-corrected chi connectivity index (χ4v) is 3.75. The van der Waals surface area contributed by atoms with Gasteiger partial charge in [0.15, 0.2) is 0 Å². The van der Waals surface area contributed by atoms with Gasteiger partial charge in [0.05, 0.1) is 18.9 Å². The van der Waals surface area contributed by atoms with Gasteiger partial charge in [0.1, 0.15) is 0 Å². The van der Waals surface area contributed by atoms with Crippen LogP contribution in [0.4, 0.5) is 0 Å². The summed E-state index contributed by atoms with van der Waals surface area (Å²) in [5, 5.41) is 9.70. The molecule has 1 amide bonds. The van der Waals surface area contributed by atoms with Crippen LogP contribution in [-0.4, -0.2) is 91.7 Å². The number of sulfonamides is 1. The maximum absolute atomic E-state index is 12.3. The summed E-state index contributed by atoms with van der Waals surface area (Å²) < 4.78 is 24.3. The number of hydrogen-bond donors (Lipinski definition) is 1. The minimum Gasteiger partial charge on any atom is -0.393 e. The van der Waals surface area contributed by atoms with Gasteiger partial charge in [0.25, 0.3) is 0 Å². The monoisotopic (exact) mass is 319 g/mol. The Balaban J connectivity index is 1.80. The molecule has 2 aliphatic rings. The second kappa shape index (κ2) is 6.60. The van der Waals surface area contributed by atoms with Crippen LogP contribution >= 0.6 is 0 Å². The summed E-state index contributed by atoms with van der Waals surface area (Å²) in [5.74, 6) is 0.236. The van der Waals surface area contributed by atoms with E-state index >= 15 is 0 Å². The molecule has 0 bridgehead atoms. The van der Waals surface area contributed by atoms with Crippen molar-refractivity contribution in [1.82, 2.24) is 14.1 Å². The van der Waals surface area contributed by atoms with E-state index < -0.39 is 10.0 Å². The van der Waals surface area contributed by atoms with E-state index in [1.165, 1.54) is 10.6 Å². The Bertz CT molecular complexity index is 474. The molecule has 2 atom stereocenters. The van der Waals surface area contributed by atoms with Crippen LogP contribution < -0.4 is 0 Å². The number of piperidine rings is 1. The average Bonchev–Trinajstić information content (AvgIpc) is 2.42. The number of rotatable bonds is 3. The Hall–Kier alpha value is -0.700. The largest absolute Gasteiger partial charge is 0.393 e. The zero-order chi connectivity index (χ0) is 15.6. The molecule has 21 heavy (non-hydrogen) atoms. The summed E-state index contributed by atoms with van der Waals surface area (Å²) in [4.78, 5) is 16.1. The Morgan fingerprint density at radius 3 is 2.33 bits per heavy atom. The van der Waals surface area contributed by atoms with E-state index in [2.05, 4.69) is 4.90 Å². The van der Waals surface area contributed by atoms with Gasteiger partial charge in [-0.1, -0.05) is 6.92 Å². The molecule has 0 aromatic rings. The number of carbonyl (C=O) groups excluding carboxylic acids is 1. The molecule has 0 saturated carbocycles. The van der Waals surface area contributed by atoms with Crippen LogP contribution in [0.25, 0.3) is 0 Å². The summed E-state index contributed by atoms with van der Waals surface area (Å²) in [5.41, 5.74) is 0. The van der Waals surface area contributed by atoms with Crippen LogP contribution in [-0.2, 0) is 14.8 Å². The fourth-order valence-electron chi connectivity index (χ4n) is 2.92. The lowest BCUT2D eigenvalue weighted by molar-refractivity contribution is -0.134. The molecular formula is C13H25N3O4S. The van der Waals surface area contributed by atoms with Crippen LogP contribution in [0.2, 0.25) is 0 Å². The molecule has 0 aromatic heterocycles. The lowest BCUT2D eigenvalue weighted by atomic mass is 9.97. The second-order valence-corrected chi connectivity index (χ2v) is 8.09. The molecule has 0 radical (unpaired) electrons. The first-order valence-corrected chi connectivity index (χ1v) is 9.25. The number of nitrogens with zero attached hydrogens (tertiary/aromatic N) is 3. The van der Waals surface area contributed by atoms with Gasteiger partial charge in [-0.15, -0.1) is 0 Å². The van der Waals surface area contributed by atoms with Crippen molar-refractivity contribution in [3.8, 4) is 0 Å². The molecule has 2 aliphatic heterocycles. The third kappa shape index (κ3) is 4.38. The van der Waals surface area contributed by atoms with Gasteiger partial charge in [0.2, 0.25) is 15.9 Å². The summed E-state index contributed by atoms with van der Waals surface area (Å²) in [7, 11) is -3.16. The maximum Gasteiger partial charge on any atom is 0.236 e. The summed E-state index contributed by atoms with van der Waals surface area (Å²) >= 11 is 0. The van der Waals surface area contributed by atoms with Gasteiger partial charge in [-0.2, -0.15) is 4.31 Å². The molecule has 2 unspecified atom stereocenters. The van der Waals surface area contributed by atoms with E-state index in [4.69, 9.17) is 0 Å². The predicted octanol–water partition coefficient (Wildman–Crippen LogP) is -1.21. The highest BCUT2D eigenvalue weighted by atomic mass is 32.2. The van der Waals surface area contributed by atoms with Crippen LogP contribution in [0.15, 0.2) is 0 Å². The molecule has 8 heteroatoms. The first-order valence-electron chi connectivity index (χ1n) is 7.40. The SMILES string of the molecule is CC1CN(CC(=O)N2CCN(S(C)(=O)=O)CC2)CCC1O. The Labute approximate surface area is 126 Å². The number of aliphatic hydroxyl groups excluding tert-OH is 1. The second-order valence-electron chi connectivity index (χ2n) is 6.11. The van der Waals surface area contributed by atoms with Crippen molar-refractivity contribution in [2.75, 3.05) is 52.1 Å². The lowest BCUT2D eigenvalue weighted by Gasteiger charge is -2.37. The molecule has 0 aromatic carbocycles. The van der Waals surface area contributed by atoms with Crippen molar-refractivity contribution < 1.29 is 18.3 Å². The summed E-state index contributed by atoms with van der Waals surface area (Å²) in [6.07, 6.45) is 1.64.